The van der Waals surface area contributed by atoms with Crippen LogP contribution in [0, 0.1) is 0 Å². The van der Waals surface area contributed by atoms with E-state index in [1.54, 1.807) is 0 Å². The van der Waals surface area contributed by atoms with Gasteiger partial charge in [0.25, 0.3) is 0 Å². The van der Waals surface area contributed by atoms with E-state index in [-0.39, 0.29) is 29.5 Å². The highest BCUT2D eigenvalue weighted by molar-refractivity contribution is 6.57. The van der Waals surface area contributed by atoms with Gasteiger partial charge in [-0.3, -0.25) is 0 Å². The molecule has 1 rings (SSSR count). The van der Waals surface area contributed by atoms with Crippen molar-refractivity contribution in [3.05, 3.63) is 0 Å². The summed E-state index contributed by atoms with van der Waals surface area (Å²) < 4.78 is 9.57. The van der Waals surface area contributed by atoms with Crippen LogP contribution in [0.15, 0.2) is 0 Å². The maximum absolute atomic E-state index is 3.56. The molecule has 0 radical (unpaired) electrons. The molecule has 1 aliphatic rings. The number of hydrogen-bond acceptors (Lipinski definition) is 4. The van der Waals surface area contributed by atoms with Gasteiger partial charge in [0, 0.05) is 6.67 Å². The van der Waals surface area contributed by atoms with Crippen molar-refractivity contribution in [2.45, 2.75) is 0 Å². The Labute approximate surface area is 65.6 Å². The Bertz CT molecular complexity index is 71.0. The SMILES string of the molecule is [SiH3]N1CN[SiH2]N[SiH2]N[SiH2]1. The van der Waals surface area contributed by atoms with E-state index in [2.05, 4.69) is 18.5 Å². The fourth-order valence-electron chi connectivity index (χ4n) is 0.789. The predicted molar refractivity (Wildman–Crippen MR) is 51.7 cm³/mol. The first-order valence-electron chi connectivity index (χ1n) is 3.20. The van der Waals surface area contributed by atoms with Gasteiger partial charge in [-0.25, -0.2) is 0 Å². The molecule has 8 heteroatoms. The van der Waals surface area contributed by atoms with E-state index in [1.165, 1.54) is 10.4 Å². The third-order valence-electron chi connectivity index (χ3n) is 1.26. The predicted octanol–water partition coefficient (Wildman–Crippen LogP) is -5.69. The quantitative estimate of drug-likeness (QED) is 0.336. The van der Waals surface area contributed by atoms with Gasteiger partial charge in [-0.1, -0.05) is 0 Å². The zero-order chi connectivity index (χ0) is 6.53. The highest BCUT2D eigenvalue weighted by atomic mass is 28.3. The normalized spacial score (nSPS) is 33.3. The number of nitrogens with zero attached hydrogens (tertiary/aromatic N) is 1. The standard InChI is InChI=1S/CH14N4Si4/c6-5-1-2-7-3-8-4-9-5/h2-4H,1,7-9H2,6H3. The summed E-state index contributed by atoms with van der Waals surface area (Å²) in [6.45, 7) is 1.15. The smallest absolute Gasteiger partial charge is 0.162 e. The highest BCUT2D eigenvalue weighted by Gasteiger charge is 1.99. The second kappa shape index (κ2) is 4.51. The molecule has 0 amide bonds. The second-order valence-corrected chi connectivity index (χ2v) is 11.4. The molecule has 4 nitrogen and oxygen atoms in total. The first kappa shape index (κ1) is 7.81. The minimum Gasteiger partial charge on any atom is -0.346 e. The monoisotopic (exact) mass is 194 g/mol. The summed E-state index contributed by atoms with van der Waals surface area (Å²) in [5, 5.41) is 0. The Hall–Kier alpha value is 0.708. The van der Waals surface area contributed by atoms with E-state index < -0.39 is 0 Å². The number of rotatable bonds is 0. The second-order valence-electron chi connectivity index (χ2n) is 2.28. The van der Waals surface area contributed by atoms with Crippen molar-refractivity contribution in [2.75, 3.05) is 6.67 Å². The third-order valence-corrected chi connectivity index (χ3v) is 7.66. The summed E-state index contributed by atoms with van der Waals surface area (Å²) >= 11 is 0. The van der Waals surface area contributed by atoms with Crippen molar-refractivity contribution in [1.29, 1.82) is 0 Å². The molecule has 1 fully saturated rings. The highest BCUT2D eigenvalue weighted by Crippen LogP contribution is 1.68. The Balaban J connectivity index is 2.12. The average molecular weight is 194 g/mol. The van der Waals surface area contributed by atoms with Crippen LogP contribution >= 0.6 is 0 Å². The van der Waals surface area contributed by atoms with E-state index in [9.17, 15) is 0 Å². The van der Waals surface area contributed by atoms with Crippen LogP contribution in [0.3, 0.4) is 0 Å². The van der Waals surface area contributed by atoms with Gasteiger partial charge in [0.05, 0.1) is 10.4 Å². The van der Waals surface area contributed by atoms with E-state index in [1.807, 2.05) is 0 Å². The molecular formula is CH14N4Si4. The summed E-state index contributed by atoms with van der Waals surface area (Å²) in [6.07, 6.45) is 0. The van der Waals surface area contributed by atoms with Gasteiger partial charge in [-0.05, 0) is 0 Å². The van der Waals surface area contributed by atoms with Gasteiger partial charge in [0.1, 0.15) is 0 Å². The Kier molecular flexibility index (Phi) is 3.92. The summed E-state index contributed by atoms with van der Waals surface area (Å²) in [7, 11) is 1.10. The number of hydrogen-bond donors (Lipinski definition) is 3. The first-order valence-corrected chi connectivity index (χ1v) is 8.26. The third kappa shape index (κ3) is 3.42. The van der Waals surface area contributed by atoms with Crippen LogP contribution in [0.1, 0.15) is 0 Å². The van der Waals surface area contributed by atoms with E-state index >= 15 is 0 Å². The van der Waals surface area contributed by atoms with Crippen molar-refractivity contribution in [1.82, 2.24) is 18.5 Å². The molecule has 54 valence electrons. The average Bonchev–Trinajstić information content (AvgIpc) is 1.79. The first-order chi connectivity index (χ1) is 4.39. The van der Waals surface area contributed by atoms with Gasteiger partial charge >= 0.3 is 0 Å². The zero-order valence-electron chi connectivity index (χ0n) is 5.78. The van der Waals surface area contributed by atoms with Crippen LogP contribution in [0.2, 0.25) is 0 Å². The molecule has 0 aromatic heterocycles. The van der Waals surface area contributed by atoms with Gasteiger partial charge in [0.2, 0.25) is 0 Å². The van der Waals surface area contributed by atoms with Gasteiger partial charge < -0.3 is 18.5 Å². The summed E-state index contributed by atoms with van der Waals surface area (Å²) in [4.78, 5) is 3.45. The van der Waals surface area contributed by atoms with Crippen LogP contribution in [-0.4, -0.2) is 50.8 Å². The van der Waals surface area contributed by atoms with E-state index in [0.29, 0.717) is 0 Å². The number of nitrogens with one attached hydrogen (secondary N) is 3. The van der Waals surface area contributed by atoms with E-state index in [0.717, 1.165) is 6.67 Å². The molecule has 1 heterocycles. The Morgan fingerprint density at radius 3 is 3.11 bits per heavy atom. The molecule has 0 aromatic rings. The Morgan fingerprint density at radius 2 is 2.22 bits per heavy atom. The molecule has 9 heavy (non-hydrogen) atoms. The zero-order valence-corrected chi connectivity index (χ0v) is 12.0. The molecule has 0 spiro atoms. The molecular weight excluding hydrogens is 180 g/mol. The van der Waals surface area contributed by atoms with Gasteiger partial charge in [0.15, 0.2) is 29.5 Å². The van der Waals surface area contributed by atoms with Crippen LogP contribution in [0.5, 0.6) is 0 Å². The topological polar surface area (TPSA) is 39.3 Å². The summed E-state index contributed by atoms with van der Waals surface area (Å²) in [6, 6.07) is 0. The maximum atomic E-state index is 3.56. The molecule has 0 atom stereocenters. The van der Waals surface area contributed by atoms with E-state index in [4.69, 9.17) is 0 Å². The van der Waals surface area contributed by atoms with Gasteiger partial charge in [-0.15, -0.1) is 0 Å². The minimum absolute atomic E-state index is 0.0201. The lowest BCUT2D eigenvalue weighted by Crippen LogP contribution is -2.54. The lowest BCUT2D eigenvalue weighted by molar-refractivity contribution is 0.652. The maximum Gasteiger partial charge on any atom is 0.162 e. The fourth-order valence-corrected chi connectivity index (χ4v) is 10.0. The molecule has 0 aromatic carbocycles. The van der Waals surface area contributed by atoms with Crippen LogP contribution in [-0.2, 0) is 0 Å². The molecule has 1 saturated heterocycles. The van der Waals surface area contributed by atoms with Crippen molar-refractivity contribution in [3.8, 4) is 0 Å². The fraction of sp³-hybridized carbons (Fsp3) is 1.00. The van der Waals surface area contributed by atoms with Crippen LogP contribution < -0.4 is 14.3 Å². The van der Waals surface area contributed by atoms with Crippen molar-refractivity contribution >= 4 is 39.9 Å². The molecule has 0 saturated carbocycles. The Morgan fingerprint density at radius 1 is 1.33 bits per heavy atom. The van der Waals surface area contributed by atoms with Gasteiger partial charge in [-0.2, -0.15) is 0 Å². The molecule has 0 aliphatic carbocycles. The lowest BCUT2D eigenvalue weighted by atomic mass is 11.3. The van der Waals surface area contributed by atoms with Crippen LogP contribution in [0.25, 0.3) is 0 Å². The van der Waals surface area contributed by atoms with Crippen molar-refractivity contribution in [2.24, 2.45) is 0 Å². The largest absolute Gasteiger partial charge is 0.346 e. The molecule has 3 N–H and O–H groups in total. The van der Waals surface area contributed by atoms with Crippen molar-refractivity contribution < 1.29 is 0 Å². The molecule has 1 aliphatic heterocycles. The summed E-state index contributed by atoms with van der Waals surface area (Å²) in [5.74, 6) is 0. The lowest BCUT2D eigenvalue weighted by Gasteiger charge is -2.21. The van der Waals surface area contributed by atoms with Crippen molar-refractivity contribution in [3.63, 3.8) is 0 Å². The minimum atomic E-state index is -0.0783. The summed E-state index contributed by atoms with van der Waals surface area (Å²) in [5.41, 5.74) is 0. The molecule has 0 unspecified atom stereocenters. The molecule has 0 bridgehead atoms. The van der Waals surface area contributed by atoms with Crippen LogP contribution in [0.4, 0.5) is 0 Å².